The van der Waals surface area contributed by atoms with E-state index in [9.17, 15) is 0 Å². The molecule has 31 heavy (non-hydrogen) atoms. The van der Waals surface area contributed by atoms with Gasteiger partial charge >= 0.3 is 0 Å². The third kappa shape index (κ3) is 7.36. The molecule has 0 amide bonds. The number of methoxy groups -OCH3 is 1. The highest BCUT2D eigenvalue weighted by Gasteiger charge is 2.30. The summed E-state index contributed by atoms with van der Waals surface area (Å²) in [5.74, 6) is 2.39. The Hall–Kier alpha value is -1.32. The van der Waals surface area contributed by atoms with Crippen LogP contribution in [0, 0.1) is 5.92 Å². The van der Waals surface area contributed by atoms with Crippen LogP contribution in [-0.4, -0.2) is 75.7 Å². The molecular formula is C24H40IN5O. The summed E-state index contributed by atoms with van der Waals surface area (Å²) in [7, 11) is 5.83. The summed E-state index contributed by atoms with van der Waals surface area (Å²) < 4.78 is 5.34. The van der Waals surface area contributed by atoms with Gasteiger partial charge in [-0.05, 0) is 62.9 Å². The lowest BCUT2D eigenvalue weighted by Gasteiger charge is -2.40. The van der Waals surface area contributed by atoms with Crippen LogP contribution in [0.2, 0.25) is 0 Å². The number of nitrogens with zero attached hydrogens (tertiary/aromatic N) is 3. The van der Waals surface area contributed by atoms with Gasteiger partial charge in [0.15, 0.2) is 5.96 Å². The van der Waals surface area contributed by atoms with E-state index in [1.807, 2.05) is 13.1 Å². The van der Waals surface area contributed by atoms with Crippen molar-refractivity contribution in [1.29, 1.82) is 0 Å². The van der Waals surface area contributed by atoms with Crippen LogP contribution in [0.1, 0.15) is 37.3 Å². The normalized spacial score (nSPS) is 23.6. The fraction of sp³-hybridized carbons (Fsp3) is 0.625. The molecule has 0 spiro atoms. The van der Waals surface area contributed by atoms with Gasteiger partial charge in [-0.1, -0.05) is 18.2 Å². The summed E-state index contributed by atoms with van der Waals surface area (Å²) in [4.78, 5) is 9.44. The van der Waals surface area contributed by atoms with Crippen molar-refractivity contribution in [3.8, 4) is 5.75 Å². The molecule has 0 bridgehead atoms. The van der Waals surface area contributed by atoms with Crippen LogP contribution >= 0.6 is 24.0 Å². The van der Waals surface area contributed by atoms with Gasteiger partial charge in [-0.25, -0.2) is 0 Å². The Kier molecular flexibility index (Phi) is 11.1. The van der Waals surface area contributed by atoms with Crippen LogP contribution in [0.3, 0.4) is 0 Å². The molecule has 2 atom stereocenters. The maximum absolute atomic E-state index is 5.34. The summed E-state index contributed by atoms with van der Waals surface area (Å²) in [6.45, 7) is 9.14. The number of halogens is 1. The predicted molar refractivity (Wildman–Crippen MR) is 141 cm³/mol. The number of ether oxygens (including phenoxy) is 1. The first kappa shape index (κ1) is 25.9. The quantitative estimate of drug-likeness (QED) is 0.240. The van der Waals surface area contributed by atoms with Gasteiger partial charge < -0.3 is 15.4 Å². The van der Waals surface area contributed by atoms with Crippen molar-refractivity contribution in [2.75, 3.05) is 53.9 Å². The van der Waals surface area contributed by atoms with Crippen molar-refractivity contribution in [2.24, 2.45) is 10.9 Å². The summed E-state index contributed by atoms with van der Waals surface area (Å²) in [6.07, 6.45) is 6.76. The van der Waals surface area contributed by atoms with Crippen molar-refractivity contribution in [2.45, 2.75) is 37.8 Å². The van der Waals surface area contributed by atoms with Gasteiger partial charge in [-0.15, -0.1) is 30.6 Å². The number of guanidine groups is 1. The zero-order valence-electron chi connectivity index (χ0n) is 19.3. The molecule has 6 nitrogen and oxygen atoms in total. The molecule has 1 aromatic carbocycles. The lowest BCUT2D eigenvalue weighted by molar-refractivity contribution is 0.122. The predicted octanol–water partition coefficient (Wildman–Crippen LogP) is 3.51. The number of piperidine rings is 2. The molecule has 0 saturated carbocycles. The summed E-state index contributed by atoms with van der Waals surface area (Å²) >= 11 is 0. The van der Waals surface area contributed by atoms with E-state index in [0.29, 0.717) is 18.0 Å². The minimum absolute atomic E-state index is 0. The van der Waals surface area contributed by atoms with Crippen LogP contribution in [0.25, 0.3) is 0 Å². The van der Waals surface area contributed by atoms with Crippen LogP contribution in [0.15, 0.2) is 41.9 Å². The zero-order valence-corrected chi connectivity index (χ0v) is 21.7. The average molecular weight is 542 g/mol. The second-order valence-electron chi connectivity index (χ2n) is 8.56. The Bertz CT molecular complexity index is 688. The molecule has 2 aliphatic rings. The molecule has 0 radical (unpaired) electrons. The Morgan fingerprint density at radius 1 is 1.19 bits per heavy atom. The second-order valence-corrected chi connectivity index (χ2v) is 8.56. The molecule has 2 unspecified atom stereocenters. The topological polar surface area (TPSA) is 52.1 Å². The minimum atomic E-state index is 0. The van der Waals surface area contributed by atoms with E-state index in [-0.39, 0.29) is 24.0 Å². The second kappa shape index (κ2) is 13.3. The Balaban J connectivity index is 0.00000341. The first-order valence-electron chi connectivity index (χ1n) is 11.3. The van der Waals surface area contributed by atoms with Crippen molar-refractivity contribution < 1.29 is 4.74 Å². The van der Waals surface area contributed by atoms with E-state index >= 15 is 0 Å². The number of rotatable bonds is 7. The molecule has 2 saturated heterocycles. The number of hydrogen-bond acceptors (Lipinski definition) is 4. The van der Waals surface area contributed by atoms with Gasteiger partial charge in [0.2, 0.25) is 0 Å². The summed E-state index contributed by atoms with van der Waals surface area (Å²) in [5, 5.41) is 7.27. The number of benzene rings is 1. The number of aliphatic imine (C=N–C) groups is 1. The summed E-state index contributed by atoms with van der Waals surface area (Å²) in [6, 6.07) is 9.47. The first-order chi connectivity index (χ1) is 14.6. The van der Waals surface area contributed by atoms with Crippen molar-refractivity contribution in [1.82, 2.24) is 20.4 Å². The van der Waals surface area contributed by atoms with Crippen LogP contribution < -0.4 is 15.4 Å². The van der Waals surface area contributed by atoms with Gasteiger partial charge in [0.25, 0.3) is 0 Å². The van der Waals surface area contributed by atoms with E-state index < -0.39 is 0 Å². The highest BCUT2D eigenvalue weighted by Crippen LogP contribution is 2.35. The number of nitrogens with one attached hydrogen (secondary N) is 2. The third-order valence-electron chi connectivity index (χ3n) is 6.54. The highest BCUT2D eigenvalue weighted by atomic mass is 127. The van der Waals surface area contributed by atoms with Gasteiger partial charge in [-0.3, -0.25) is 14.8 Å². The fourth-order valence-electron chi connectivity index (χ4n) is 4.86. The Morgan fingerprint density at radius 2 is 1.90 bits per heavy atom. The molecule has 2 heterocycles. The van der Waals surface area contributed by atoms with Crippen molar-refractivity contribution in [3.63, 3.8) is 0 Å². The van der Waals surface area contributed by atoms with E-state index in [4.69, 9.17) is 4.74 Å². The van der Waals surface area contributed by atoms with Crippen molar-refractivity contribution >= 4 is 29.9 Å². The SMILES string of the molecule is C=CCN1CCC(NC(=NC)NCC2CCCN(C)C2c2ccc(OC)cc2)CC1.I. The smallest absolute Gasteiger partial charge is 0.191 e. The zero-order chi connectivity index (χ0) is 21.3. The standard InChI is InChI=1S/C24H39N5O.HI/c1-5-14-29-16-12-21(13-17-29)27-24(25-2)26-18-20-7-6-15-28(3)23(20)19-8-10-22(30-4)11-9-19;/h5,8-11,20-21,23H,1,6-7,12-18H2,2-4H3,(H2,25,26,27);1H. The largest absolute Gasteiger partial charge is 0.497 e. The van der Waals surface area contributed by atoms with Gasteiger partial charge in [0.05, 0.1) is 7.11 Å². The van der Waals surface area contributed by atoms with Crippen molar-refractivity contribution in [3.05, 3.63) is 42.5 Å². The fourth-order valence-corrected chi connectivity index (χ4v) is 4.86. The molecule has 174 valence electrons. The van der Waals surface area contributed by atoms with Gasteiger partial charge in [0.1, 0.15) is 5.75 Å². The first-order valence-corrected chi connectivity index (χ1v) is 11.3. The maximum Gasteiger partial charge on any atom is 0.191 e. The van der Waals surface area contributed by atoms with E-state index in [1.54, 1.807) is 7.11 Å². The average Bonchev–Trinajstić information content (AvgIpc) is 2.78. The van der Waals surface area contributed by atoms with Crippen LogP contribution in [0.5, 0.6) is 5.75 Å². The minimum Gasteiger partial charge on any atom is -0.497 e. The van der Waals surface area contributed by atoms with E-state index in [1.165, 1.54) is 18.4 Å². The Morgan fingerprint density at radius 3 is 2.52 bits per heavy atom. The highest BCUT2D eigenvalue weighted by molar-refractivity contribution is 14.0. The molecule has 0 aliphatic carbocycles. The molecular weight excluding hydrogens is 501 g/mol. The number of hydrogen-bond donors (Lipinski definition) is 2. The van der Waals surface area contributed by atoms with Crippen LogP contribution in [0.4, 0.5) is 0 Å². The molecule has 2 fully saturated rings. The molecule has 2 aliphatic heterocycles. The third-order valence-corrected chi connectivity index (χ3v) is 6.54. The van der Waals surface area contributed by atoms with E-state index in [0.717, 1.165) is 57.3 Å². The molecule has 1 aromatic rings. The molecule has 0 aromatic heterocycles. The van der Waals surface area contributed by atoms with Gasteiger partial charge in [0, 0.05) is 45.3 Å². The summed E-state index contributed by atoms with van der Waals surface area (Å²) in [5.41, 5.74) is 1.36. The lowest BCUT2D eigenvalue weighted by atomic mass is 9.85. The lowest BCUT2D eigenvalue weighted by Crippen LogP contribution is -2.50. The molecule has 7 heteroatoms. The monoisotopic (exact) mass is 541 g/mol. The maximum atomic E-state index is 5.34. The Labute approximate surface area is 205 Å². The van der Waals surface area contributed by atoms with Crippen LogP contribution in [-0.2, 0) is 0 Å². The molecule has 3 rings (SSSR count). The van der Waals surface area contributed by atoms with Gasteiger partial charge in [-0.2, -0.15) is 0 Å². The number of likely N-dealkylation sites (tertiary alicyclic amines) is 2. The molecule has 2 N–H and O–H groups in total. The van der Waals surface area contributed by atoms with E-state index in [2.05, 4.69) is 63.3 Å².